The van der Waals surface area contributed by atoms with Gasteiger partial charge >= 0.3 is 5.97 Å². The number of phenols is 1. The lowest BCUT2D eigenvalue weighted by Crippen LogP contribution is -2.35. The lowest BCUT2D eigenvalue weighted by atomic mass is 10.0. The van der Waals surface area contributed by atoms with Crippen LogP contribution < -0.4 is 5.32 Å². The Labute approximate surface area is 96.8 Å². The number of halogens is 1. The average molecular weight is 241 g/mol. The maximum Gasteiger partial charge on any atom is 0.339 e. The van der Waals surface area contributed by atoms with Gasteiger partial charge in [-0.1, -0.05) is 0 Å². The second-order valence-electron chi connectivity index (χ2n) is 3.74. The number of carboxylic acid groups (broad SMARTS) is 1. The van der Waals surface area contributed by atoms with E-state index in [1.165, 1.54) is 0 Å². The number of ether oxygens (including phenoxy) is 1. The van der Waals surface area contributed by atoms with Crippen molar-refractivity contribution in [3.05, 3.63) is 29.1 Å². The number of hydrogen-bond acceptors (Lipinski definition) is 4. The molecule has 1 aliphatic rings. The second kappa shape index (κ2) is 4.68. The summed E-state index contributed by atoms with van der Waals surface area (Å²) in [4.78, 5) is 10.8. The van der Waals surface area contributed by atoms with Crippen molar-refractivity contribution in [1.82, 2.24) is 5.32 Å². The number of carbonyl (C=O) groups is 1. The van der Waals surface area contributed by atoms with Crippen LogP contribution in [0.3, 0.4) is 0 Å². The van der Waals surface area contributed by atoms with Gasteiger partial charge in [-0.2, -0.15) is 0 Å². The Balaban J connectivity index is 2.43. The van der Waals surface area contributed by atoms with Crippen molar-refractivity contribution >= 4 is 5.97 Å². The van der Waals surface area contributed by atoms with Crippen molar-refractivity contribution in [3.8, 4) is 5.75 Å². The largest absolute Gasteiger partial charge is 0.507 e. The molecule has 0 aliphatic carbocycles. The average Bonchev–Trinajstić information content (AvgIpc) is 2.30. The minimum atomic E-state index is -1.29. The summed E-state index contributed by atoms with van der Waals surface area (Å²) in [5, 5.41) is 21.6. The molecule has 92 valence electrons. The zero-order chi connectivity index (χ0) is 12.4. The first kappa shape index (κ1) is 11.8. The van der Waals surface area contributed by atoms with Gasteiger partial charge in [0.15, 0.2) is 0 Å². The topological polar surface area (TPSA) is 78.8 Å². The van der Waals surface area contributed by atoms with E-state index in [4.69, 9.17) is 9.84 Å². The monoisotopic (exact) mass is 241 g/mol. The minimum absolute atomic E-state index is 0.0513. The number of rotatable bonds is 2. The molecule has 1 aromatic rings. The molecule has 1 saturated heterocycles. The number of nitrogens with one attached hydrogen (secondary N) is 1. The Hall–Kier alpha value is -1.66. The molecule has 6 heteroatoms. The van der Waals surface area contributed by atoms with Crippen LogP contribution in [0.1, 0.15) is 22.0 Å². The molecule has 1 aliphatic heterocycles. The third kappa shape index (κ3) is 2.22. The van der Waals surface area contributed by atoms with E-state index in [1.54, 1.807) is 0 Å². The maximum absolute atomic E-state index is 13.6. The van der Waals surface area contributed by atoms with E-state index in [0.717, 1.165) is 12.1 Å². The van der Waals surface area contributed by atoms with Gasteiger partial charge in [0, 0.05) is 12.1 Å². The first-order valence-electron chi connectivity index (χ1n) is 5.17. The quantitative estimate of drug-likeness (QED) is 0.716. The lowest BCUT2D eigenvalue weighted by Gasteiger charge is -2.25. The standard InChI is InChI=1S/C11H12FNO4/c12-7-2-1-6(11(15)16)10(14)9(7)8-5-17-4-3-13-8/h1-2,8,13-14H,3-5H2,(H,15,16)/t8-/m1/s1. The fraction of sp³-hybridized carbons (Fsp3) is 0.364. The van der Waals surface area contributed by atoms with E-state index in [0.29, 0.717) is 13.2 Å². The number of aromatic hydroxyl groups is 1. The SMILES string of the molecule is O=C(O)c1ccc(F)c([C@H]2COCCN2)c1O. The summed E-state index contributed by atoms with van der Waals surface area (Å²) in [5.41, 5.74) is -0.363. The zero-order valence-electron chi connectivity index (χ0n) is 8.94. The summed E-state index contributed by atoms with van der Waals surface area (Å²) < 4.78 is 18.8. The molecule has 5 nitrogen and oxygen atoms in total. The van der Waals surface area contributed by atoms with Crippen LogP contribution in [0.15, 0.2) is 12.1 Å². The van der Waals surface area contributed by atoms with Crippen LogP contribution in [0.4, 0.5) is 4.39 Å². The third-order valence-corrected chi connectivity index (χ3v) is 2.66. The van der Waals surface area contributed by atoms with E-state index in [1.807, 2.05) is 0 Å². The molecule has 0 bridgehead atoms. The minimum Gasteiger partial charge on any atom is -0.507 e. The van der Waals surface area contributed by atoms with Gasteiger partial charge in [-0.05, 0) is 12.1 Å². The molecule has 0 spiro atoms. The van der Waals surface area contributed by atoms with Gasteiger partial charge in [0.1, 0.15) is 17.1 Å². The molecular formula is C11H12FNO4. The number of carboxylic acids is 1. The van der Waals surface area contributed by atoms with Crippen LogP contribution in [0.5, 0.6) is 5.75 Å². The van der Waals surface area contributed by atoms with E-state index >= 15 is 0 Å². The summed E-state index contributed by atoms with van der Waals surface area (Å²) in [7, 11) is 0. The van der Waals surface area contributed by atoms with Gasteiger partial charge in [-0.3, -0.25) is 0 Å². The summed E-state index contributed by atoms with van der Waals surface area (Å²) in [6, 6.07) is 1.55. The van der Waals surface area contributed by atoms with Crippen molar-refractivity contribution in [3.63, 3.8) is 0 Å². The highest BCUT2D eigenvalue weighted by Crippen LogP contribution is 2.31. The molecule has 0 unspecified atom stereocenters. The zero-order valence-corrected chi connectivity index (χ0v) is 8.94. The van der Waals surface area contributed by atoms with Crippen molar-refractivity contribution in [2.75, 3.05) is 19.8 Å². The Kier molecular flexibility index (Phi) is 3.26. The summed E-state index contributed by atoms with van der Waals surface area (Å²) in [6.45, 7) is 1.24. The van der Waals surface area contributed by atoms with E-state index in [9.17, 15) is 14.3 Å². The summed E-state index contributed by atoms with van der Waals surface area (Å²) >= 11 is 0. The van der Waals surface area contributed by atoms with Crippen molar-refractivity contribution in [2.24, 2.45) is 0 Å². The van der Waals surface area contributed by atoms with Crippen molar-refractivity contribution < 1.29 is 24.1 Å². The van der Waals surface area contributed by atoms with Gasteiger partial charge in [0.25, 0.3) is 0 Å². The van der Waals surface area contributed by atoms with E-state index in [-0.39, 0.29) is 17.7 Å². The molecular weight excluding hydrogens is 229 g/mol. The predicted octanol–water partition coefficient (Wildman–Crippen LogP) is 0.890. The number of aromatic carboxylic acids is 1. The van der Waals surface area contributed by atoms with Gasteiger partial charge in [-0.25, -0.2) is 9.18 Å². The number of morpholine rings is 1. The van der Waals surface area contributed by atoms with Crippen LogP contribution in [0.25, 0.3) is 0 Å². The van der Waals surface area contributed by atoms with Crippen LogP contribution in [-0.4, -0.2) is 35.9 Å². The van der Waals surface area contributed by atoms with Gasteiger partial charge in [0.05, 0.1) is 19.3 Å². The maximum atomic E-state index is 13.6. The highest BCUT2D eigenvalue weighted by molar-refractivity contribution is 5.91. The van der Waals surface area contributed by atoms with Crippen molar-refractivity contribution in [2.45, 2.75) is 6.04 Å². The molecule has 1 fully saturated rings. The summed E-state index contributed by atoms with van der Waals surface area (Å²) in [6.07, 6.45) is 0. The third-order valence-electron chi connectivity index (χ3n) is 2.66. The van der Waals surface area contributed by atoms with E-state index < -0.39 is 23.6 Å². The Bertz CT molecular complexity index is 443. The first-order valence-corrected chi connectivity index (χ1v) is 5.17. The van der Waals surface area contributed by atoms with E-state index in [2.05, 4.69) is 5.32 Å². The molecule has 0 saturated carbocycles. The molecule has 0 aromatic heterocycles. The molecule has 0 amide bonds. The number of hydrogen-bond donors (Lipinski definition) is 3. The molecule has 1 heterocycles. The lowest BCUT2D eigenvalue weighted by molar-refractivity contribution is 0.0686. The number of benzene rings is 1. The molecule has 3 N–H and O–H groups in total. The first-order chi connectivity index (χ1) is 8.11. The second-order valence-corrected chi connectivity index (χ2v) is 3.74. The Morgan fingerprint density at radius 2 is 2.29 bits per heavy atom. The van der Waals surface area contributed by atoms with Gasteiger partial charge in [-0.15, -0.1) is 0 Å². The normalized spacial score (nSPS) is 20.2. The highest BCUT2D eigenvalue weighted by Gasteiger charge is 2.25. The van der Waals surface area contributed by atoms with Crippen LogP contribution >= 0.6 is 0 Å². The molecule has 17 heavy (non-hydrogen) atoms. The fourth-order valence-corrected chi connectivity index (χ4v) is 1.84. The molecule has 1 atom stereocenters. The highest BCUT2D eigenvalue weighted by atomic mass is 19.1. The van der Waals surface area contributed by atoms with Crippen LogP contribution in [-0.2, 0) is 4.74 Å². The predicted molar refractivity (Wildman–Crippen MR) is 56.6 cm³/mol. The molecule has 2 rings (SSSR count). The van der Waals surface area contributed by atoms with Gasteiger partial charge < -0.3 is 20.3 Å². The van der Waals surface area contributed by atoms with Gasteiger partial charge in [0.2, 0.25) is 0 Å². The Morgan fingerprint density at radius 1 is 1.53 bits per heavy atom. The Morgan fingerprint density at radius 3 is 2.88 bits per heavy atom. The molecule has 1 aromatic carbocycles. The molecule has 0 radical (unpaired) electrons. The van der Waals surface area contributed by atoms with Crippen LogP contribution in [0.2, 0.25) is 0 Å². The fourth-order valence-electron chi connectivity index (χ4n) is 1.84. The van der Waals surface area contributed by atoms with Crippen LogP contribution in [0, 0.1) is 5.82 Å². The summed E-state index contributed by atoms with van der Waals surface area (Å²) in [5.74, 6) is -2.48. The smallest absolute Gasteiger partial charge is 0.339 e. The van der Waals surface area contributed by atoms with Crippen molar-refractivity contribution in [1.29, 1.82) is 0 Å².